The van der Waals surface area contributed by atoms with Gasteiger partial charge >= 0.3 is 6.09 Å². The molecule has 5 nitrogen and oxygen atoms in total. The molecule has 94 valence electrons. The molecule has 0 unspecified atom stereocenters. The molecule has 0 fully saturated rings. The van der Waals surface area contributed by atoms with Gasteiger partial charge in [0, 0.05) is 25.3 Å². The van der Waals surface area contributed by atoms with E-state index in [4.69, 9.17) is 4.74 Å². The first-order chi connectivity index (χ1) is 7.83. The number of hydrogen-bond acceptors (Lipinski definition) is 4. The summed E-state index contributed by atoms with van der Waals surface area (Å²) in [4.78, 5) is 28.5. The summed E-state index contributed by atoms with van der Waals surface area (Å²) in [5.41, 5.74) is -0.562. The van der Waals surface area contributed by atoms with Crippen molar-refractivity contribution in [1.29, 1.82) is 0 Å². The highest BCUT2D eigenvalue weighted by atomic mass is 16.6. The maximum atomic E-state index is 11.9. The Morgan fingerprint density at radius 2 is 2.18 bits per heavy atom. The highest BCUT2D eigenvalue weighted by Gasteiger charge is 2.24. The molecule has 1 aliphatic rings. The van der Waals surface area contributed by atoms with Crippen LogP contribution in [0.25, 0.3) is 0 Å². The molecular formula is C12H18N2O3. The number of ether oxygens (including phenoxy) is 1. The molecule has 0 aromatic heterocycles. The predicted octanol–water partition coefficient (Wildman–Crippen LogP) is 2.13. The predicted molar refractivity (Wildman–Crippen MR) is 64.8 cm³/mol. The zero-order valence-electron chi connectivity index (χ0n) is 10.7. The summed E-state index contributed by atoms with van der Waals surface area (Å²) in [5.74, 6) is 0.287. The number of carbonyl (C=O) groups is 2. The van der Waals surface area contributed by atoms with Gasteiger partial charge in [0.2, 0.25) is 0 Å². The summed E-state index contributed by atoms with van der Waals surface area (Å²) in [6.07, 6.45) is 2.67. The van der Waals surface area contributed by atoms with E-state index in [1.54, 1.807) is 27.7 Å². The minimum absolute atomic E-state index is 0.0583. The van der Waals surface area contributed by atoms with Crippen LogP contribution in [0.1, 0.15) is 34.1 Å². The summed E-state index contributed by atoms with van der Waals surface area (Å²) < 4.78 is 5.24. The first-order valence-electron chi connectivity index (χ1n) is 5.61. The zero-order chi connectivity index (χ0) is 13.1. The SMILES string of the molecule is CCN(C(=O)OC(C)(C)C)C1=CC(=O)CC=N1. The molecule has 0 radical (unpaired) electrons. The van der Waals surface area contributed by atoms with Crippen LogP contribution in [0.3, 0.4) is 0 Å². The van der Waals surface area contributed by atoms with E-state index in [0.717, 1.165) is 0 Å². The normalized spacial score (nSPS) is 15.5. The van der Waals surface area contributed by atoms with E-state index in [9.17, 15) is 9.59 Å². The number of allylic oxidation sites excluding steroid dienone is 1. The van der Waals surface area contributed by atoms with Crippen LogP contribution in [0.4, 0.5) is 4.79 Å². The maximum Gasteiger partial charge on any atom is 0.415 e. The second-order valence-electron chi connectivity index (χ2n) is 4.71. The number of nitrogens with zero attached hydrogens (tertiary/aromatic N) is 2. The largest absolute Gasteiger partial charge is 0.443 e. The van der Waals surface area contributed by atoms with Crippen LogP contribution in [0.2, 0.25) is 0 Å². The zero-order valence-corrected chi connectivity index (χ0v) is 10.7. The molecule has 0 N–H and O–H groups in total. The fourth-order valence-electron chi connectivity index (χ4n) is 1.32. The molecule has 5 heteroatoms. The Balaban J connectivity index is 2.81. The number of carbonyl (C=O) groups excluding carboxylic acids is 2. The van der Waals surface area contributed by atoms with Crippen LogP contribution >= 0.6 is 0 Å². The minimum Gasteiger partial charge on any atom is -0.443 e. The van der Waals surface area contributed by atoms with Crippen molar-refractivity contribution in [2.45, 2.75) is 39.7 Å². The smallest absolute Gasteiger partial charge is 0.415 e. The highest BCUT2D eigenvalue weighted by Crippen LogP contribution is 2.16. The quantitative estimate of drug-likeness (QED) is 0.740. The van der Waals surface area contributed by atoms with Gasteiger partial charge in [-0.3, -0.25) is 9.69 Å². The number of amides is 1. The molecule has 0 aromatic rings. The standard InChI is InChI=1S/C12H18N2O3/c1-5-14(11(16)17-12(2,3)4)10-8-9(15)6-7-13-10/h7-8H,5-6H2,1-4H3. The Labute approximate surface area is 101 Å². The van der Waals surface area contributed by atoms with Crippen LogP contribution in [0.5, 0.6) is 0 Å². The third-order valence-corrected chi connectivity index (χ3v) is 2.01. The van der Waals surface area contributed by atoms with Gasteiger partial charge in [0.05, 0.1) is 0 Å². The lowest BCUT2D eigenvalue weighted by molar-refractivity contribution is -0.113. The second kappa shape index (κ2) is 5.12. The lowest BCUT2D eigenvalue weighted by Gasteiger charge is -2.27. The van der Waals surface area contributed by atoms with Crippen molar-refractivity contribution in [3.8, 4) is 0 Å². The Morgan fingerprint density at radius 1 is 1.53 bits per heavy atom. The van der Waals surface area contributed by atoms with E-state index >= 15 is 0 Å². The van der Waals surface area contributed by atoms with Crippen LogP contribution in [-0.4, -0.2) is 35.1 Å². The third-order valence-electron chi connectivity index (χ3n) is 2.01. The van der Waals surface area contributed by atoms with E-state index < -0.39 is 11.7 Å². The molecular weight excluding hydrogens is 220 g/mol. The molecule has 0 saturated heterocycles. The summed E-state index contributed by atoms with van der Waals surface area (Å²) in [6.45, 7) is 7.60. The van der Waals surface area contributed by atoms with Crippen molar-refractivity contribution < 1.29 is 14.3 Å². The fraction of sp³-hybridized carbons (Fsp3) is 0.583. The van der Waals surface area contributed by atoms with Gasteiger partial charge < -0.3 is 4.74 Å². The summed E-state index contributed by atoms with van der Waals surface area (Å²) in [5, 5.41) is 0. The number of aliphatic imine (C=N–C) groups is 1. The van der Waals surface area contributed by atoms with E-state index in [-0.39, 0.29) is 12.2 Å². The average Bonchev–Trinajstić information content (AvgIpc) is 2.15. The van der Waals surface area contributed by atoms with Gasteiger partial charge in [-0.15, -0.1) is 0 Å². The first-order valence-corrected chi connectivity index (χ1v) is 5.61. The monoisotopic (exact) mass is 238 g/mol. The molecule has 0 spiro atoms. The molecule has 1 amide bonds. The van der Waals surface area contributed by atoms with Crippen LogP contribution in [0, 0.1) is 0 Å². The molecule has 0 bridgehead atoms. The van der Waals surface area contributed by atoms with Gasteiger partial charge in [-0.05, 0) is 27.7 Å². The van der Waals surface area contributed by atoms with Crippen molar-refractivity contribution >= 4 is 18.1 Å². The summed E-state index contributed by atoms with van der Waals surface area (Å²) >= 11 is 0. The van der Waals surface area contributed by atoms with Crippen molar-refractivity contribution in [3.05, 3.63) is 11.9 Å². The Kier molecular flexibility index (Phi) is 4.04. The maximum absolute atomic E-state index is 11.9. The topological polar surface area (TPSA) is 59.0 Å². The van der Waals surface area contributed by atoms with Crippen molar-refractivity contribution in [1.82, 2.24) is 4.90 Å². The van der Waals surface area contributed by atoms with Crippen molar-refractivity contribution in [3.63, 3.8) is 0 Å². The van der Waals surface area contributed by atoms with E-state index in [0.29, 0.717) is 12.4 Å². The Bertz CT molecular complexity index is 378. The van der Waals surface area contributed by atoms with Gasteiger partial charge in [0.1, 0.15) is 11.4 Å². The molecule has 0 atom stereocenters. The first kappa shape index (κ1) is 13.4. The van der Waals surface area contributed by atoms with Gasteiger partial charge in [0.25, 0.3) is 0 Å². The highest BCUT2D eigenvalue weighted by molar-refractivity contribution is 6.01. The third kappa shape index (κ3) is 4.01. The molecule has 1 aliphatic heterocycles. The van der Waals surface area contributed by atoms with E-state index in [2.05, 4.69) is 4.99 Å². The number of rotatable bonds is 2. The number of ketones is 1. The minimum atomic E-state index is -0.562. The number of hydrogen-bond donors (Lipinski definition) is 0. The second-order valence-corrected chi connectivity index (χ2v) is 4.71. The summed E-state index contributed by atoms with van der Waals surface area (Å²) in [7, 11) is 0. The van der Waals surface area contributed by atoms with Gasteiger partial charge in [-0.1, -0.05) is 0 Å². The van der Waals surface area contributed by atoms with Crippen molar-refractivity contribution in [2.24, 2.45) is 4.99 Å². The Hall–Kier alpha value is -1.65. The summed E-state index contributed by atoms with van der Waals surface area (Å²) in [6, 6.07) is 0. The van der Waals surface area contributed by atoms with Gasteiger partial charge in [-0.25, -0.2) is 9.79 Å². The molecule has 1 heterocycles. The van der Waals surface area contributed by atoms with Crippen molar-refractivity contribution in [2.75, 3.05) is 6.54 Å². The lowest BCUT2D eigenvalue weighted by atomic mass is 10.2. The molecule has 1 rings (SSSR count). The van der Waals surface area contributed by atoms with Crippen LogP contribution in [-0.2, 0) is 9.53 Å². The average molecular weight is 238 g/mol. The van der Waals surface area contributed by atoms with Crippen LogP contribution in [0.15, 0.2) is 16.9 Å². The van der Waals surface area contributed by atoms with E-state index in [1.165, 1.54) is 17.2 Å². The van der Waals surface area contributed by atoms with Gasteiger partial charge in [-0.2, -0.15) is 0 Å². The molecule has 0 aromatic carbocycles. The molecule has 17 heavy (non-hydrogen) atoms. The Morgan fingerprint density at radius 3 is 2.65 bits per heavy atom. The van der Waals surface area contributed by atoms with Crippen LogP contribution < -0.4 is 0 Å². The lowest BCUT2D eigenvalue weighted by Crippen LogP contribution is -2.36. The van der Waals surface area contributed by atoms with E-state index in [1.807, 2.05) is 0 Å². The fourth-order valence-corrected chi connectivity index (χ4v) is 1.32. The molecule has 0 aliphatic carbocycles. The molecule has 0 saturated carbocycles. The van der Waals surface area contributed by atoms with Gasteiger partial charge in [0.15, 0.2) is 5.78 Å².